The van der Waals surface area contributed by atoms with E-state index in [1.54, 1.807) is 21.3 Å². The Morgan fingerprint density at radius 2 is 1.58 bits per heavy atom. The van der Waals surface area contributed by atoms with Crippen LogP contribution in [0.2, 0.25) is 0 Å². The van der Waals surface area contributed by atoms with Crippen LogP contribution >= 0.6 is 0 Å². The third kappa shape index (κ3) is 9.27. The summed E-state index contributed by atoms with van der Waals surface area (Å²) in [4.78, 5) is 43.1. The Balaban J connectivity index is 1.21. The number of Topliss-reactive ketones (excluding diaryl/α,β-unsaturated/α-hetero) is 1. The summed E-state index contributed by atoms with van der Waals surface area (Å²) in [6.45, 7) is 14.0. The van der Waals surface area contributed by atoms with Crippen LogP contribution in [-0.2, 0) is 52.3 Å². The molecule has 4 fully saturated rings. The number of fused-ring (bicyclic) bond motifs is 5. The van der Waals surface area contributed by atoms with Gasteiger partial charge in [-0.2, -0.15) is 0 Å². The molecule has 3 saturated heterocycles. The normalized spacial score (nSPS) is 42.8. The maximum Gasteiger partial charge on any atom is 0.306 e. The Kier molecular flexibility index (Phi) is 14.8. The van der Waals surface area contributed by atoms with Gasteiger partial charge in [0.1, 0.15) is 24.4 Å². The number of hydrogen-bond donors (Lipinski definition) is 0. The van der Waals surface area contributed by atoms with Gasteiger partial charge in [-0.05, 0) is 95.0 Å². The van der Waals surface area contributed by atoms with Crippen LogP contribution in [0.15, 0.2) is 23.3 Å². The molecular weight excluding hydrogens is 730 g/mol. The second kappa shape index (κ2) is 19.0. The molecule has 17 atom stereocenters. The van der Waals surface area contributed by atoms with Crippen molar-refractivity contribution in [1.29, 1.82) is 0 Å². The van der Waals surface area contributed by atoms with Crippen LogP contribution in [0, 0.1) is 41.4 Å². The van der Waals surface area contributed by atoms with Crippen molar-refractivity contribution in [2.75, 3.05) is 28.4 Å². The van der Waals surface area contributed by atoms with E-state index in [2.05, 4.69) is 26.0 Å². The van der Waals surface area contributed by atoms with E-state index in [9.17, 15) is 14.4 Å². The fourth-order valence-corrected chi connectivity index (χ4v) is 11.2. The van der Waals surface area contributed by atoms with Gasteiger partial charge in [-0.1, -0.05) is 45.4 Å². The number of carbonyl (C=O) groups is 3. The van der Waals surface area contributed by atoms with Gasteiger partial charge in [0.05, 0.1) is 36.9 Å². The standard InChI is InChI=1S/C45H71NO11/c1-12-28-14-13-15-37(57-39-17-16-36(26(6)53-39)46(8)44(49)23(2)3)25(5)40(48)35-21-33-31(34(35)22-38(47)55-28)18-24(4)30-19-29(20-32(30)33)56-45-43(52-11)42(51-10)41(50-9)27(7)54-45/h18,21,23,25-34,36-37,39,41-43,45H,12-17,19-20,22H2,1-11H3/t25-,26?,27?,28+,29-,30+,31-,32-,33-,34+,36+,37+,39+,41+,42?,43?,45+/m1/s1. The molecule has 0 spiro atoms. The van der Waals surface area contributed by atoms with Gasteiger partial charge in [0.2, 0.25) is 5.91 Å². The van der Waals surface area contributed by atoms with E-state index in [1.807, 2.05) is 46.6 Å². The lowest BCUT2D eigenvalue weighted by molar-refractivity contribution is -0.314. The molecule has 0 radical (unpaired) electrons. The molecule has 0 N–H and O–H groups in total. The summed E-state index contributed by atoms with van der Waals surface area (Å²) in [6.07, 6.45) is 7.33. The first kappa shape index (κ1) is 44.4. The predicted octanol–water partition coefficient (Wildman–Crippen LogP) is 6.43. The minimum atomic E-state index is -0.616. The van der Waals surface area contributed by atoms with Crippen LogP contribution in [0.1, 0.15) is 106 Å². The van der Waals surface area contributed by atoms with E-state index in [0.717, 1.165) is 37.7 Å². The second-order valence-corrected chi connectivity index (χ2v) is 18.1. The van der Waals surface area contributed by atoms with E-state index in [4.69, 9.17) is 37.9 Å². The average Bonchev–Trinajstić information content (AvgIpc) is 3.77. The molecule has 0 aromatic carbocycles. The molecule has 57 heavy (non-hydrogen) atoms. The van der Waals surface area contributed by atoms with Crippen molar-refractivity contribution in [3.8, 4) is 0 Å². The van der Waals surface area contributed by atoms with Crippen molar-refractivity contribution in [2.24, 2.45) is 41.4 Å². The van der Waals surface area contributed by atoms with E-state index >= 15 is 0 Å². The smallest absolute Gasteiger partial charge is 0.306 e. The minimum Gasteiger partial charge on any atom is -0.462 e. The zero-order valence-electron chi connectivity index (χ0n) is 36.3. The number of hydrogen-bond acceptors (Lipinski definition) is 11. The first-order valence-corrected chi connectivity index (χ1v) is 21.8. The van der Waals surface area contributed by atoms with Crippen molar-refractivity contribution < 1.29 is 52.3 Å². The number of amides is 1. The second-order valence-electron chi connectivity index (χ2n) is 18.1. The number of ether oxygens (including phenoxy) is 8. The lowest BCUT2D eigenvalue weighted by atomic mass is 9.67. The Hall–Kier alpha value is -2.19. The first-order chi connectivity index (χ1) is 27.2. The summed E-state index contributed by atoms with van der Waals surface area (Å²) in [5.41, 5.74) is 2.02. The molecule has 0 aromatic heterocycles. The highest BCUT2D eigenvalue weighted by Crippen LogP contribution is 2.56. The molecule has 12 heteroatoms. The number of carbonyl (C=O) groups excluding carboxylic acids is 3. The highest BCUT2D eigenvalue weighted by Gasteiger charge is 2.54. The molecule has 0 bridgehead atoms. The highest BCUT2D eigenvalue weighted by molar-refractivity contribution is 5.99. The van der Waals surface area contributed by atoms with Crippen molar-refractivity contribution in [2.45, 2.75) is 174 Å². The van der Waals surface area contributed by atoms with Crippen LogP contribution in [0.4, 0.5) is 0 Å². The number of cyclic esters (lactones) is 1. The highest BCUT2D eigenvalue weighted by atomic mass is 16.7. The van der Waals surface area contributed by atoms with Crippen LogP contribution in [-0.4, -0.2) is 118 Å². The predicted molar refractivity (Wildman–Crippen MR) is 213 cm³/mol. The lowest BCUT2D eigenvalue weighted by Crippen LogP contribution is -2.59. The number of methoxy groups -OCH3 is 3. The zero-order chi connectivity index (χ0) is 41.3. The van der Waals surface area contributed by atoms with Gasteiger partial charge < -0.3 is 42.8 Å². The average molecular weight is 802 g/mol. The van der Waals surface area contributed by atoms with Crippen LogP contribution in [0.3, 0.4) is 0 Å². The van der Waals surface area contributed by atoms with Crippen LogP contribution in [0.25, 0.3) is 0 Å². The third-order valence-corrected chi connectivity index (χ3v) is 14.3. The molecule has 6 aliphatic rings. The number of esters is 1. The number of rotatable bonds is 10. The van der Waals surface area contributed by atoms with Gasteiger partial charge in [-0.3, -0.25) is 14.4 Å². The fourth-order valence-electron chi connectivity index (χ4n) is 11.2. The number of ketones is 1. The van der Waals surface area contributed by atoms with E-state index in [1.165, 1.54) is 5.57 Å². The summed E-state index contributed by atoms with van der Waals surface area (Å²) in [7, 11) is 6.82. The van der Waals surface area contributed by atoms with Gasteiger partial charge in [-0.15, -0.1) is 0 Å². The molecular formula is C45H71NO11. The van der Waals surface area contributed by atoms with E-state index in [0.29, 0.717) is 19.3 Å². The fraction of sp³-hybridized carbons (Fsp3) is 0.844. The first-order valence-electron chi connectivity index (χ1n) is 21.8. The molecule has 1 amide bonds. The summed E-state index contributed by atoms with van der Waals surface area (Å²) in [6, 6.07) is -0.0331. The quantitative estimate of drug-likeness (QED) is 0.179. The molecule has 12 nitrogen and oxygen atoms in total. The van der Waals surface area contributed by atoms with Gasteiger partial charge >= 0.3 is 5.97 Å². The number of nitrogens with zero attached hydrogens (tertiary/aromatic N) is 1. The molecule has 3 aliphatic carbocycles. The van der Waals surface area contributed by atoms with E-state index in [-0.39, 0.29) is 108 Å². The summed E-state index contributed by atoms with van der Waals surface area (Å²) >= 11 is 0. The zero-order valence-corrected chi connectivity index (χ0v) is 36.3. The molecule has 3 heterocycles. The Bertz CT molecular complexity index is 1480. The van der Waals surface area contributed by atoms with Crippen molar-refractivity contribution in [3.05, 3.63) is 23.3 Å². The van der Waals surface area contributed by atoms with Gasteiger partial charge in [0, 0.05) is 52.6 Å². The molecule has 3 aliphatic heterocycles. The largest absolute Gasteiger partial charge is 0.462 e. The van der Waals surface area contributed by atoms with Crippen molar-refractivity contribution in [3.63, 3.8) is 0 Å². The molecule has 322 valence electrons. The lowest BCUT2D eigenvalue weighted by Gasteiger charge is -2.44. The number of allylic oxidation sites excluding steroid dienone is 4. The molecule has 0 aromatic rings. The SMILES string of the molecule is CC[C@H]1CCC[C@H](O[C@H]2CC[C@H](N(C)C(=O)C(C)C)C(C)O2)[C@@H](C)C(=O)C2=C[C@@H]3[C@@H](C=C(C)[C@@H]4C[C@@H](O[C@@H]5OC(C)[C@H](OC)C(OC)C5OC)C[C@@H]34)[C@@H]2CC(=O)O1. The van der Waals surface area contributed by atoms with Gasteiger partial charge in [0.25, 0.3) is 0 Å². The molecule has 6 rings (SSSR count). The maximum absolute atomic E-state index is 14.8. The van der Waals surface area contributed by atoms with Gasteiger partial charge in [-0.25, -0.2) is 0 Å². The Morgan fingerprint density at radius 3 is 2.23 bits per heavy atom. The van der Waals surface area contributed by atoms with Gasteiger partial charge in [0.15, 0.2) is 18.4 Å². The third-order valence-electron chi connectivity index (χ3n) is 14.3. The Labute approximate surface area is 341 Å². The summed E-state index contributed by atoms with van der Waals surface area (Å²) in [5.74, 6) is -0.264. The van der Waals surface area contributed by atoms with E-state index < -0.39 is 24.6 Å². The van der Waals surface area contributed by atoms with Crippen LogP contribution in [0.5, 0.6) is 0 Å². The topological polar surface area (TPSA) is 128 Å². The van der Waals surface area contributed by atoms with Crippen molar-refractivity contribution >= 4 is 17.7 Å². The Morgan fingerprint density at radius 1 is 0.860 bits per heavy atom. The number of likely N-dealkylation sites (N-methyl/N-ethyl adjacent to an activating group) is 1. The minimum absolute atomic E-state index is 0.00842. The summed E-state index contributed by atoms with van der Waals surface area (Å²) in [5, 5.41) is 0. The molecule has 1 saturated carbocycles. The maximum atomic E-state index is 14.8. The van der Waals surface area contributed by atoms with Crippen LogP contribution < -0.4 is 0 Å². The molecule has 4 unspecified atom stereocenters. The summed E-state index contributed by atoms with van der Waals surface area (Å²) < 4.78 is 49.8. The van der Waals surface area contributed by atoms with Crippen molar-refractivity contribution in [1.82, 2.24) is 4.90 Å². The monoisotopic (exact) mass is 802 g/mol.